The van der Waals surface area contributed by atoms with E-state index in [1.165, 1.54) is 12.1 Å². The van der Waals surface area contributed by atoms with Gasteiger partial charge < -0.3 is 18.7 Å². The summed E-state index contributed by atoms with van der Waals surface area (Å²) >= 11 is 0. The Balaban J connectivity index is 1.66. The molecule has 2 atom stereocenters. The fraction of sp³-hybridized carbons (Fsp3) is 0.548. The van der Waals surface area contributed by atoms with Crippen molar-refractivity contribution in [2.45, 2.75) is 117 Å². The number of esters is 1. The summed E-state index contributed by atoms with van der Waals surface area (Å²) in [6.45, 7) is 18.2. The number of halogens is 1. The zero-order chi connectivity index (χ0) is 40.1. The van der Waals surface area contributed by atoms with E-state index in [4.69, 9.17) is 18.7 Å². The summed E-state index contributed by atoms with van der Waals surface area (Å²) in [5, 5.41) is 0.548. The van der Waals surface area contributed by atoms with Crippen molar-refractivity contribution in [1.82, 2.24) is 9.80 Å². The highest BCUT2D eigenvalue weighted by Gasteiger charge is 2.59. The van der Waals surface area contributed by atoms with Crippen LogP contribution in [0.15, 0.2) is 60.7 Å². The molecular weight excluding hydrogens is 710 g/mol. The minimum absolute atomic E-state index is 0.0540. The van der Waals surface area contributed by atoms with Crippen molar-refractivity contribution in [1.29, 1.82) is 0 Å². The van der Waals surface area contributed by atoms with E-state index < -0.39 is 47.5 Å². The predicted octanol–water partition coefficient (Wildman–Crippen LogP) is 10.2. The van der Waals surface area contributed by atoms with Gasteiger partial charge in [0.05, 0.1) is 6.61 Å². The standard InChI is InChI=1S/C42H58FN2O8P/c1-11-50-54(49)25-24-44(28-33-20-21-34(43)27-35(33)32-19-18-30-16-12-13-17-31(30)26-32)29-42(54,36(46)51-39(2,3)4)22-14-15-23-45(37(47)52-40(5,6)7)38(48)53-41(8,9)10/h12-13,16-21,26-27H,11,14-15,22-25,28-29H2,1-10H3/t42-,54?/m0/s1. The van der Waals surface area contributed by atoms with Gasteiger partial charge in [0.25, 0.3) is 0 Å². The van der Waals surface area contributed by atoms with Crippen LogP contribution in [0, 0.1) is 5.82 Å². The van der Waals surface area contributed by atoms with Crippen LogP contribution in [0.3, 0.4) is 0 Å². The number of ether oxygens (including phenoxy) is 3. The molecule has 1 heterocycles. The number of fused-ring (bicyclic) bond motifs is 1. The summed E-state index contributed by atoms with van der Waals surface area (Å²) in [5.74, 6) is -0.988. The fourth-order valence-electron chi connectivity index (χ4n) is 6.64. The van der Waals surface area contributed by atoms with Crippen molar-refractivity contribution in [2.24, 2.45) is 0 Å². The van der Waals surface area contributed by atoms with Gasteiger partial charge in [-0.25, -0.2) is 18.9 Å². The van der Waals surface area contributed by atoms with Gasteiger partial charge in [-0.3, -0.25) is 14.3 Å². The Morgan fingerprint density at radius 2 is 1.43 bits per heavy atom. The molecule has 0 aliphatic carbocycles. The molecule has 1 aliphatic heterocycles. The van der Waals surface area contributed by atoms with Gasteiger partial charge in [0.2, 0.25) is 7.37 Å². The first kappa shape index (κ1) is 42.9. The van der Waals surface area contributed by atoms with E-state index >= 15 is 0 Å². The van der Waals surface area contributed by atoms with E-state index in [9.17, 15) is 23.3 Å². The quantitative estimate of drug-likeness (QED) is 0.0814. The smallest absolute Gasteiger partial charge is 0.419 e. The lowest BCUT2D eigenvalue weighted by atomic mass is 9.95. The molecule has 0 bridgehead atoms. The first-order valence-electron chi connectivity index (χ1n) is 18.8. The van der Waals surface area contributed by atoms with Crippen LogP contribution >= 0.6 is 7.37 Å². The van der Waals surface area contributed by atoms with Crippen molar-refractivity contribution in [3.63, 3.8) is 0 Å². The monoisotopic (exact) mass is 768 g/mol. The summed E-state index contributed by atoms with van der Waals surface area (Å²) in [6.07, 6.45) is -0.917. The molecule has 10 nitrogen and oxygen atoms in total. The number of benzene rings is 3. The minimum atomic E-state index is -3.67. The third-order valence-electron chi connectivity index (χ3n) is 8.94. The molecule has 1 saturated heterocycles. The highest BCUT2D eigenvalue weighted by molar-refractivity contribution is 7.62. The fourth-order valence-corrected chi connectivity index (χ4v) is 9.64. The van der Waals surface area contributed by atoms with E-state index in [1.54, 1.807) is 75.3 Å². The van der Waals surface area contributed by atoms with Crippen LogP contribution in [0.1, 0.15) is 94.1 Å². The molecule has 54 heavy (non-hydrogen) atoms. The molecule has 0 aromatic heterocycles. The van der Waals surface area contributed by atoms with Crippen molar-refractivity contribution in [2.75, 3.05) is 32.4 Å². The lowest BCUT2D eigenvalue weighted by Gasteiger charge is -2.46. The Morgan fingerprint density at radius 1 is 0.815 bits per heavy atom. The van der Waals surface area contributed by atoms with Crippen LogP contribution in [0.4, 0.5) is 14.0 Å². The number of unbranched alkanes of at least 4 members (excludes halogenated alkanes) is 1. The highest BCUT2D eigenvalue weighted by Crippen LogP contribution is 2.64. The first-order chi connectivity index (χ1) is 25.0. The zero-order valence-corrected chi connectivity index (χ0v) is 34.5. The van der Waals surface area contributed by atoms with Crippen molar-refractivity contribution < 1.29 is 42.1 Å². The minimum Gasteiger partial charge on any atom is -0.459 e. The van der Waals surface area contributed by atoms with Crippen LogP contribution in [-0.2, 0) is 34.6 Å². The number of nitrogens with zero attached hydrogens (tertiary/aromatic N) is 2. The third kappa shape index (κ3) is 11.1. The molecule has 2 amide bonds. The van der Waals surface area contributed by atoms with Crippen molar-refractivity contribution >= 4 is 36.3 Å². The molecule has 296 valence electrons. The average molecular weight is 769 g/mol. The van der Waals surface area contributed by atoms with Gasteiger partial charge in [0.1, 0.15) is 22.6 Å². The number of hydrogen-bond donors (Lipinski definition) is 0. The number of imide groups is 1. The third-order valence-corrected chi connectivity index (χ3v) is 12.3. The molecular formula is C42H58FN2O8P. The Morgan fingerprint density at radius 3 is 2.02 bits per heavy atom. The molecule has 1 aliphatic rings. The average Bonchev–Trinajstić information content (AvgIpc) is 3.04. The molecule has 1 unspecified atom stereocenters. The van der Waals surface area contributed by atoms with Crippen LogP contribution in [-0.4, -0.2) is 82.3 Å². The molecule has 12 heteroatoms. The predicted molar refractivity (Wildman–Crippen MR) is 210 cm³/mol. The molecule has 4 rings (SSSR count). The normalized spacial score (nSPS) is 19.7. The van der Waals surface area contributed by atoms with Crippen LogP contribution in [0.5, 0.6) is 0 Å². The van der Waals surface area contributed by atoms with Gasteiger partial charge in [0.15, 0.2) is 5.16 Å². The molecule has 3 aromatic carbocycles. The molecule has 0 spiro atoms. The SMILES string of the molecule is CCOP1(=O)CCN(Cc2ccc(F)cc2-c2ccc3ccccc3c2)C[C@@]1(CCCCN(C(=O)OC(C)(C)C)C(=O)OC(C)(C)C)C(=O)OC(C)(C)C. The Bertz CT molecular complexity index is 1830. The topological polar surface area (TPSA) is 112 Å². The van der Waals surface area contributed by atoms with Gasteiger partial charge in [-0.2, -0.15) is 0 Å². The summed E-state index contributed by atoms with van der Waals surface area (Å²) < 4.78 is 52.9. The number of hydrogen-bond acceptors (Lipinski definition) is 9. The van der Waals surface area contributed by atoms with E-state index in [1.807, 2.05) is 42.5 Å². The van der Waals surface area contributed by atoms with Crippen LogP contribution < -0.4 is 0 Å². The van der Waals surface area contributed by atoms with Gasteiger partial charge in [-0.15, -0.1) is 0 Å². The van der Waals surface area contributed by atoms with Crippen molar-refractivity contribution in [3.8, 4) is 11.1 Å². The molecule has 3 aromatic rings. The van der Waals surface area contributed by atoms with Crippen LogP contribution in [0.25, 0.3) is 21.9 Å². The maximum Gasteiger partial charge on any atom is 0.419 e. The summed E-state index contributed by atoms with van der Waals surface area (Å²) in [5.41, 5.74) is -0.153. The highest BCUT2D eigenvalue weighted by atomic mass is 31.2. The Hall–Kier alpha value is -3.79. The van der Waals surface area contributed by atoms with E-state index in [-0.39, 0.29) is 44.5 Å². The molecule has 0 saturated carbocycles. The number of carbonyl (C=O) groups excluding carboxylic acids is 3. The first-order valence-corrected chi connectivity index (χ1v) is 20.6. The molecule has 0 N–H and O–H groups in total. The number of carbonyl (C=O) groups is 3. The van der Waals surface area contributed by atoms with Gasteiger partial charge in [-0.05, 0) is 134 Å². The molecule has 1 fully saturated rings. The summed E-state index contributed by atoms with van der Waals surface area (Å²) in [6, 6.07) is 18.7. The van der Waals surface area contributed by atoms with Gasteiger partial charge >= 0.3 is 18.2 Å². The lowest BCUT2D eigenvalue weighted by molar-refractivity contribution is -0.160. The van der Waals surface area contributed by atoms with E-state index in [0.717, 1.165) is 32.4 Å². The summed E-state index contributed by atoms with van der Waals surface area (Å²) in [4.78, 5) is 43.7. The van der Waals surface area contributed by atoms with Gasteiger partial charge in [-0.1, -0.05) is 42.5 Å². The Labute approximate surface area is 320 Å². The zero-order valence-electron chi connectivity index (χ0n) is 33.6. The van der Waals surface area contributed by atoms with Crippen LogP contribution in [0.2, 0.25) is 0 Å². The van der Waals surface area contributed by atoms with Crippen molar-refractivity contribution in [3.05, 3.63) is 72.0 Å². The number of rotatable bonds is 11. The van der Waals surface area contributed by atoms with Gasteiger partial charge in [0, 0.05) is 32.3 Å². The second-order valence-electron chi connectivity index (χ2n) is 17.0. The second-order valence-corrected chi connectivity index (χ2v) is 19.9. The largest absolute Gasteiger partial charge is 0.459 e. The Kier molecular flexibility index (Phi) is 13.5. The molecule has 0 radical (unpaired) electrons. The maximum absolute atomic E-state index is 15.0. The summed E-state index contributed by atoms with van der Waals surface area (Å²) in [7, 11) is -3.67. The second kappa shape index (κ2) is 16.9. The number of amides is 2. The lowest BCUT2D eigenvalue weighted by Crippen LogP contribution is -2.56. The maximum atomic E-state index is 15.0. The van der Waals surface area contributed by atoms with E-state index in [0.29, 0.717) is 19.5 Å². The van der Waals surface area contributed by atoms with E-state index in [2.05, 4.69) is 4.90 Å².